The van der Waals surface area contributed by atoms with Crippen LogP contribution in [-0.2, 0) is 69.7 Å². The van der Waals surface area contributed by atoms with Gasteiger partial charge in [-0.05, 0) is 160 Å². The lowest BCUT2D eigenvalue weighted by molar-refractivity contribution is -0.138. The van der Waals surface area contributed by atoms with Gasteiger partial charge in [-0.25, -0.2) is 24.3 Å². The fraction of sp³-hybridized carbons (Fsp3) is 0.330. The number of hydrogen-bond donors (Lipinski definition) is 8. The number of nitrogens with zero attached hydrogens (tertiary/aromatic N) is 13. The van der Waals surface area contributed by atoms with Crippen molar-refractivity contribution in [2.45, 2.75) is 76.1 Å². The van der Waals surface area contributed by atoms with Crippen molar-refractivity contribution in [2.24, 2.45) is 5.92 Å². The number of aliphatic hydroxyl groups is 4. The summed E-state index contributed by atoms with van der Waals surface area (Å²) in [6.07, 6.45) is -14.0. The zero-order chi connectivity index (χ0) is 96.3. The van der Waals surface area contributed by atoms with Crippen LogP contribution in [0.15, 0.2) is 164 Å². The molecule has 5 aliphatic rings. The second-order valence-corrected chi connectivity index (χ2v) is 31.4. The molecular weight excluding hydrogens is 1790 g/mol. The number of imidazole rings is 4. The molecule has 1 unspecified atom stereocenters. The highest BCUT2D eigenvalue weighted by Gasteiger charge is 2.42. The molecule has 0 spiro atoms. The monoisotopic (exact) mass is 1880 g/mol. The van der Waals surface area contributed by atoms with Crippen molar-refractivity contribution in [3.63, 3.8) is 0 Å². The van der Waals surface area contributed by atoms with E-state index in [0.717, 1.165) is 48.0 Å². The molecule has 17 rings (SSSR count). The van der Waals surface area contributed by atoms with Crippen molar-refractivity contribution in [1.29, 1.82) is 5.26 Å². The van der Waals surface area contributed by atoms with Gasteiger partial charge in [-0.1, -0.05) is 24.3 Å². The number of amides is 8. The fourth-order valence-electron chi connectivity index (χ4n) is 15.5. The van der Waals surface area contributed by atoms with Gasteiger partial charge < -0.3 is 82.0 Å². The van der Waals surface area contributed by atoms with Gasteiger partial charge in [-0.2, -0.15) is 44.8 Å². The van der Waals surface area contributed by atoms with Crippen LogP contribution in [0.2, 0.25) is 0 Å². The summed E-state index contributed by atoms with van der Waals surface area (Å²) in [6, 6.07) is 39.0. The second-order valence-electron chi connectivity index (χ2n) is 31.4. The molecule has 135 heavy (non-hydrogen) atoms. The third-order valence-corrected chi connectivity index (χ3v) is 22.4. The van der Waals surface area contributed by atoms with Crippen LogP contribution in [0.5, 0.6) is 5.75 Å². The number of rotatable bonds is 24. The van der Waals surface area contributed by atoms with Crippen LogP contribution in [0.25, 0.3) is 44.1 Å². The van der Waals surface area contributed by atoms with Crippen LogP contribution in [0.3, 0.4) is 0 Å². The number of carbonyl (C=O) groups excluding carboxylic acids is 8. The van der Waals surface area contributed by atoms with Gasteiger partial charge in [-0.3, -0.25) is 59.6 Å². The number of anilines is 8. The molecule has 8 N–H and O–H groups in total. The van der Waals surface area contributed by atoms with Crippen molar-refractivity contribution in [3.8, 4) is 11.8 Å². The Morgan fingerprint density at radius 1 is 0.489 bits per heavy atom. The van der Waals surface area contributed by atoms with Gasteiger partial charge in [0.1, 0.15) is 38.3 Å². The molecule has 8 amide bonds. The molecule has 8 heterocycles. The summed E-state index contributed by atoms with van der Waals surface area (Å²) in [5.74, 6) is -2.68. The minimum absolute atomic E-state index is 0.00234. The number of ether oxygens (including phenoxy) is 5. The molecular formula is C91H87F10N17O17. The van der Waals surface area contributed by atoms with E-state index in [1.54, 1.807) is 91.7 Å². The number of halogens is 10. The Morgan fingerprint density at radius 2 is 0.889 bits per heavy atom. The lowest BCUT2D eigenvalue weighted by Crippen LogP contribution is -2.41. The maximum atomic E-state index is 14.1. The summed E-state index contributed by atoms with van der Waals surface area (Å²) in [5, 5.41) is 57.0. The lowest BCUT2D eigenvalue weighted by atomic mass is 10.1. The Hall–Kier alpha value is -14.3. The topological polar surface area (TPSA) is 420 Å². The molecule has 4 aromatic heterocycles. The van der Waals surface area contributed by atoms with E-state index < -0.39 is 65.7 Å². The van der Waals surface area contributed by atoms with Crippen LogP contribution in [0.1, 0.15) is 102 Å². The highest BCUT2D eigenvalue weighted by molar-refractivity contribution is 6.08. The van der Waals surface area contributed by atoms with Gasteiger partial charge in [0.2, 0.25) is 23.8 Å². The first-order valence-corrected chi connectivity index (χ1v) is 42.2. The molecule has 0 radical (unpaired) electrons. The first kappa shape index (κ1) is 96.7. The third-order valence-electron chi connectivity index (χ3n) is 22.4. The summed E-state index contributed by atoms with van der Waals surface area (Å²) in [4.78, 5) is 124. The van der Waals surface area contributed by atoms with Gasteiger partial charge in [0.05, 0.1) is 125 Å². The number of fused-ring (bicyclic) bond motifs is 4. The third kappa shape index (κ3) is 22.5. The molecule has 4 saturated heterocycles. The zero-order valence-electron chi connectivity index (χ0n) is 71.9. The van der Waals surface area contributed by atoms with Crippen molar-refractivity contribution < 1.29 is 126 Å². The highest BCUT2D eigenvalue weighted by Crippen LogP contribution is 2.47. The largest absolute Gasteiger partial charge is 0.494 e. The standard InChI is InChI=1S/C24H25F3N4O5.C23H21F3N4O4.C22H20F4N4O4.C22H21N5O4/c1-14(6-8-32)31-18-12-20(35-2)19(30-7-9-36-13-21(30)33)11-17(18)28-23(31)29-22(34)15-4-3-5-16(10-15)24(25,26)27;24-23(25,26)15-3-1-2-13(8-15)21(33)28-22-27-17-10-16(29-6-7-34-12-20(29)32)4-5-18(17)30(22)19-9-14(19)11-31;23-15(11-31)10-30-18-5-4-16(29-6-7-34-12-19(29)32)9-17(18)27-21(30)28-20(33)13-2-1-3-14(8-13)22(24,25)26;23-13-15-3-1-4-16(11-15)21(30)25-22-24-18-12-17(26-8-10-31-14-20(26)29)5-6-19(18)27(22)7-2-9-28/h3-5,10-12,14,32H,6-9,13H2,1-2H3,(H,28,29,34);1-5,8,10,14,19,31H,6-7,9,11-12H2,(H,27,28,33);1-5,8-9,15,31H,6-7,10-12H2,(H,27,28,33);1,3-6,11-12,28H,2,7-10,14H2,(H,24,25,30)/t14-;14-,19+;;/m10../s1. The lowest BCUT2D eigenvalue weighted by Gasteiger charge is -2.28. The molecule has 708 valence electrons. The van der Waals surface area contributed by atoms with Crippen LogP contribution in [0, 0.1) is 17.2 Å². The molecule has 12 aromatic rings. The molecule has 34 nitrogen and oxygen atoms in total. The van der Waals surface area contributed by atoms with E-state index in [-0.39, 0.29) is 135 Å². The van der Waals surface area contributed by atoms with Crippen molar-refractivity contribution in [2.75, 3.05) is 153 Å². The van der Waals surface area contributed by atoms with E-state index in [9.17, 15) is 97.6 Å². The summed E-state index contributed by atoms with van der Waals surface area (Å²) in [7, 11) is 1.46. The molecule has 1 aliphatic carbocycles. The number of hydrogen-bond acceptors (Lipinski definition) is 22. The highest BCUT2D eigenvalue weighted by atomic mass is 19.4. The van der Waals surface area contributed by atoms with Gasteiger partial charge in [0.15, 0.2) is 0 Å². The molecule has 4 aliphatic heterocycles. The first-order valence-electron chi connectivity index (χ1n) is 42.2. The smallest absolute Gasteiger partial charge is 0.416 e. The number of aromatic nitrogens is 8. The predicted octanol–water partition coefficient (Wildman–Crippen LogP) is 11.8. The second kappa shape index (κ2) is 41.9. The van der Waals surface area contributed by atoms with Crippen LogP contribution >= 0.6 is 0 Å². The van der Waals surface area contributed by atoms with Crippen molar-refractivity contribution in [3.05, 3.63) is 208 Å². The number of aliphatic hydroxyl groups excluding tert-OH is 4. The number of morpholine rings is 4. The van der Waals surface area contributed by atoms with Gasteiger partial charge in [0.25, 0.3) is 47.3 Å². The number of alkyl halides is 10. The normalized spacial score (nSPS) is 16.4. The van der Waals surface area contributed by atoms with E-state index in [2.05, 4.69) is 41.2 Å². The maximum Gasteiger partial charge on any atom is 0.416 e. The van der Waals surface area contributed by atoms with E-state index >= 15 is 0 Å². The Kier molecular flexibility index (Phi) is 30.0. The summed E-state index contributed by atoms with van der Waals surface area (Å²) in [6.45, 7) is 3.97. The van der Waals surface area contributed by atoms with Crippen molar-refractivity contribution >= 4 is 138 Å². The van der Waals surface area contributed by atoms with Crippen molar-refractivity contribution in [1.82, 2.24) is 38.2 Å². The van der Waals surface area contributed by atoms with E-state index in [1.807, 2.05) is 29.7 Å². The molecule has 44 heteroatoms. The minimum Gasteiger partial charge on any atom is -0.494 e. The number of nitrogens with one attached hydrogen (secondary N) is 4. The number of aryl methyl sites for hydroxylation is 1. The number of carbonyl (C=O) groups is 8. The molecule has 0 bridgehead atoms. The first-order chi connectivity index (χ1) is 64.7. The van der Waals surface area contributed by atoms with Crippen LogP contribution in [0.4, 0.5) is 90.4 Å². The Morgan fingerprint density at radius 3 is 1.31 bits per heavy atom. The SMILES string of the molecule is COc1cc2c(cc1N1CCOCC1=O)nc(NC(=O)c1cccc(C(F)(F)F)c1)n2[C@H](C)CCO.N#Cc1cccc(C(=O)Nc2nc3cc(N4CCOCC4=O)ccc3n2CCCO)c1.O=C(Nc1nc2cc(N3CCOCC3=O)ccc2n1CC(F)CO)c1cccc(C(F)(F)F)c1.O=C(Nc1nc2cc(N3CCOCC3=O)ccc2n1[C@@H]1C[C@H]1CO)c1cccc(C(F)(F)F)c1. The van der Waals surface area contributed by atoms with Gasteiger partial charge in [0, 0.05) is 116 Å². The molecule has 4 atom stereocenters. The van der Waals surface area contributed by atoms with E-state index in [1.165, 1.54) is 51.8 Å². The van der Waals surface area contributed by atoms with E-state index in [0.29, 0.717) is 169 Å². The fourth-order valence-corrected chi connectivity index (χ4v) is 15.5. The number of methoxy groups -OCH3 is 1. The predicted molar refractivity (Wildman–Crippen MR) is 470 cm³/mol. The summed E-state index contributed by atoms with van der Waals surface area (Å²) >= 11 is 0. The minimum atomic E-state index is -4.63. The Bertz CT molecular complexity index is 6510. The number of benzene rings is 8. The molecule has 1 saturated carbocycles. The van der Waals surface area contributed by atoms with Crippen LogP contribution < -0.4 is 45.6 Å². The molecule has 8 aromatic carbocycles. The Balaban J connectivity index is 0.000000144. The maximum absolute atomic E-state index is 14.1. The molecule has 5 fully saturated rings. The summed E-state index contributed by atoms with van der Waals surface area (Å²) < 4.78 is 164. The summed E-state index contributed by atoms with van der Waals surface area (Å²) in [5.41, 5.74) is 3.95. The number of nitriles is 1. The quantitative estimate of drug-likeness (QED) is 0.0260. The van der Waals surface area contributed by atoms with E-state index in [4.69, 9.17) is 34.1 Å². The van der Waals surface area contributed by atoms with Gasteiger partial charge in [-0.15, -0.1) is 0 Å². The zero-order valence-corrected chi connectivity index (χ0v) is 71.9. The average Bonchev–Trinajstić information content (AvgIpc) is 1.58. The van der Waals surface area contributed by atoms with Gasteiger partial charge >= 0.3 is 18.5 Å². The van der Waals surface area contributed by atoms with Crippen LogP contribution in [-0.4, -0.2) is 225 Å². The average molecular weight is 1880 g/mol. The Labute approximate surface area is 760 Å².